The van der Waals surface area contributed by atoms with Crippen LogP contribution in [0.25, 0.3) is 11.1 Å². The first-order chi connectivity index (χ1) is 12.0. The average Bonchev–Trinajstić information content (AvgIpc) is 2.99. The van der Waals surface area contributed by atoms with Gasteiger partial charge in [0.25, 0.3) is 0 Å². The Bertz CT molecular complexity index is 905. The third kappa shape index (κ3) is 3.21. The maximum Gasteiger partial charge on any atom is 0.343 e. The Hall–Kier alpha value is -3.22. The molecule has 0 fully saturated rings. The minimum absolute atomic E-state index is 0.267. The number of benzene rings is 2. The second kappa shape index (κ2) is 6.72. The van der Waals surface area contributed by atoms with E-state index in [1.165, 1.54) is 33.5 Å². The normalized spacial score (nSPS) is 10.6. The Morgan fingerprint density at radius 2 is 1.68 bits per heavy atom. The van der Waals surface area contributed by atoms with Crippen molar-refractivity contribution in [1.29, 1.82) is 0 Å². The first kappa shape index (κ1) is 16.6. The lowest BCUT2D eigenvalue weighted by Crippen LogP contribution is -2.09. The number of methoxy groups -OCH3 is 3. The number of ether oxygens (including phenoxy) is 4. The molecule has 0 saturated heterocycles. The Kier molecular flexibility index (Phi) is 4.47. The number of esters is 1. The summed E-state index contributed by atoms with van der Waals surface area (Å²) in [4.78, 5) is 16.7. The second-order valence-electron chi connectivity index (χ2n) is 5.17. The van der Waals surface area contributed by atoms with E-state index in [1.54, 1.807) is 25.1 Å². The first-order valence-corrected chi connectivity index (χ1v) is 7.45. The Morgan fingerprint density at radius 3 is 2.28 bits per heavy atom. The molecule has 130 valence electrons. The van der Waals surface area contributed by atoms with Crippen LogP contribution in [-0.2, 0) is 0 Å². The Labute approximate surface area is 144 Å². The fraction of sp³-hybridized carbons (Fsp3) is 0.222. The molecule has 0 unspecified atom stereocenters. The highest BCUT2D eigenvalue weighted by Crippen LogP contribution is 2.38. The van der Waals surface area contributed by atoms with Gasteiger partial charge in [-0.15, -0.1) is 0 Å². The molecule has 0 aliphatic rings. The van der Waals surface area contributed by atoms with Crippen molar-refractivity contribution >= 4 is 17.1 Å². The standard InChI is InChI=1S/C18H17NO6/c1-10-19-13-6-5-12(9-14(13)24-10)25-18(20)11-7-15(21-2)17(23-4)16(8-11)22-3/h5-9H,1-4H3. The van der Waals surface area contributed by atoms with Crippen molar-refractivity contribution in [3.05, 3.63) is 41.8 Å². The van der Waals surface area contributed by atoms with E-state index in [0.29, 0.717) is 40.0 Å². The van der Waals surface area contributed by atoms with E-state index in [-0.39, 0.29) is 5.56 Å². The summed E-state index contributed by atoms with van der Waals surface area (Å²) < 4.78 is 26.6. The molecule has 0 amide bonds. The Balaban J connectivity index is 1.91. The zero-order valence-corrected chi connectivity index (χ0v) is 14.3. The number of nitrogens with zero attached hydrogens (tertiary/aromatic N) is 1. The number of hydrogen-bond acceptors (Lipinski definition) is 7. The highest BCUT2D eigenvalue weighted by atomic mass is 16.5. The number of aromatic nitrogens is 1. The molecule has 7 heteroatoms. The summed E-state index contributed by atoms with van der Waals surface area (Å²) in [5, 5.41) is 0. The summed E-state index contributed by atoms with van der Waals surface area (Å²) in [6, 6.07) is 8.05. The van der Waals surface area contributed by atoms with Gasteiger partial charge in [0, 0.05) is 13.0 Å². The minimum Gasteiger partial charge on any atom is -0.493 e. The van der Waals surface area contributed by atoms with E-state index < -0.39 is 5.97 Å². The van der Waals surface area contributed by atoms with Crippen LogP contribution >= 0.6 is 0 Å². The van der Waals surface area contributed by atoms with Crippen molar-refractivity contribution in [3.63, 3.8) is 0 Å². The number of oxazole rings is 1. The molecule has 25 heavy (non-hydrogen) atoms. The maximum atomic E-state index is 12.5. The molecular weight excluding hydrogens is 326 g/mol. The summed E-state index contributed by atoms with van der Waals surface area (Å²) in [5.41, 5.74) is 1.51. The zero-order chi connectivity index (χ0) is 18.0. The summed E-state index contributed by atoms with van der Waals surface area (Å²) in [6.07, 6.45) is 0. The molecule has 1 heterocycles. The summed E-state index contributed by atoms with van der Waals surface area (Å²) in [6.45, 7) is 1.75. The van der Waals surface area contributed by atoms with Gasteiger partial charge in [0.1, 0.15) is 11.3 Å². The number of fused-ring (bicyclic) bond motifs is 1. The van der Waals surface area contributed by atoms with E-state index in [0.717, 1.165) is 0 Å². The molecule has 0 radical (unpaired) electrons. The van der Waals surface area contributed by atoms with Crippen molar-refractivity contribution in [3.8, 4) is 23.0 Å². The zero-order valence-electron chi connectivity index (χ0n) is 14.3. The third-order valence-electron chi connectivity index (χ3n) is 3.58. The molecule has 1 aromatic heterocycles. The number of carbonyl (C=O) groups is 1. The van der Waals surface area contributed by atoms with Crippen LogP contribution in [0.15, 0.2) is 34.7 Å². The lowest BCUT2D eigenvalue weighted by molar-refractivity contribution is 0.0734. The molecule has 2 aromatic carbocycles. The number of hydrogen-bond donors (Lipinski definition) is 0. The van der Waals surface area contributed by atoms with E-state index in [1.807, 2.05) is 0 Å². The van der Waals surface area contributed by atoms with Crippen LogP contribution in [0.2, 0.25) is 0 Å². The van der Waals surface area contributed by atoms with Gasteiger partial charge in [-0.1, -0.05) is 0 Å². The van der Waals surface area contributed by atoms with Crippen molar-refractivity contribution in [2.75, 3.05) is 21.3 Å². The predicted molar refractivity (Wildman–Crippen MR) is 89.8 cm³/mol. The maximum absolute atomic E-state index is 12.5. The van der Waals surface area contributed by atoms with Crippen molar-refractivity contribution in [1.82, 2.24) is 4.98 Å². The van der Waals surface area contributed by atoms with Gasteiger partial charge in [-0.3, -0.25) is 0 Å². The lowest BCUT2D eigenvalue weighted by Gasteiger charge is -2.13. The van der Waals surface area contributed by atoms with Crippen LogP contribution < -0.4 is 18.9 Å². The summed E-state index contributed by atoms with van der Waals surface area (Å²) in [7, 11) is 4.45. The van der Waals surface area contributed by atoms with Gasteiger partial charge in [-0.25, -0.2) is 9.78 Å². The van der Waals surface area contributed by atoms with Crippen molar-refractivity contribution in [2.45, 2.75) is 6.92 Å². The van der Waals surface area contributed by atoms with Gasteiger partial charge >= 0.3 is 5.97 Å². The predicted octanol–water partition coefficient (Wildman–Crippen LogP) is 3.38. The average molecular weight is 343 g/mol. The highest BCUT2D eigenvalue weighted by Gasteiger charge is 2.18. The topological polar surface area (TPSA) is 80.0 Å². The molecule has 3 aromatic rings. The molecule has 7 nitrogen and oxygen atoms in total. The molecule has 0 aliphatic carbocycles. The van der Waals surface area contributed by atoms with Gasteiger partial charge in [0.05, 0.1) is 26.9 Å². The SMILES string of the molecule is COc1cc(C(=O)Oc2ccc3nc(C)oc3c2)cc(OC)c1OC. The number of carbonyl (C=O) groups excluding carboxylic acids is 1. The van der Waals surface area contributed by atoms with Gasteiger partial charge in [-0.05, 0) is 24.3 Å². The van der Waals surface area contributed by atoms with E-state index in [9.17, 15) is 4.79 Å². The first-order valence-electron chi connectivity index (χ1n) is 7.45. The number of rotatable bonds is 5. The van der Waals surface area contributed by atoms with Crippen LogP contribution in [0.4, 0.5) is 0 Å². The van der Waals surface area contributed by atoms with Gasteiger partial charge < -0.3 is 23.4 Å². The van der Waals surface area contributed by atoms with Crippen LogP contribution in [0.5, 0.6) is 23.0 Å². The highest BCUT2D eigenvalue weighted by molar-refractivity contribution is 5.93. The molecule has 0 atom stereocenters. The van der Waals surface area contributed by atoms with E-state index in [4.69, 9.17) is 23.4 Å². The molecular formula is C18H17NO6. The van der Waals surface area contributed by atoms with Crippen LogP contribution in [0.3, 0.4) is 0 Å². The minimum atomic E-state index is -0.560. The van der Waals surface area contributed by atoms with Crippen molar-refractivity contribution in [2.24, 2.45) is 0 Å². The van der Waals surface area contributed by atoms with Gasteiger partial charge in [0.15, 0.2) is 23.0 Å². The lowest BCUT2D eigenvalue weighted by atomic mass is 10.2. The summed E-state index contributed by atoms with van der Waals surface area (Å²) in [5.74, 6) is 1.48. The van der Waals surface area contributed by atoms with Crippen molar-refractivity contribution < 1.29 is 28.2 Å². The molecule has 0 bridgehead atoms. The fourth-order valence-corrected chi connectivity index (χ4v) is 2.45. The van der Waals surface area contributed by atoms with E-state index >= 15 is 0 Å². The molecule has 3 rings (SSSR count). The van der Waals surface area contributed by atoms with Crippen LogP contribution in [0.1, 0.15) is 16.2 Å². The largest absolute Gasteiger partial charge is 0.493 e. The monoisotopic (exact) mass is 343 g/mol. The van der Waals surface area contributed by atoms with Crippen LogP contribution in [0, 0.1) is 6.92 Å². The second-order valence-corrected chi connectivity index (χ2v) is 5.17. The summed E-state index contributed by atoms with van der Waals surface area (Å²) >= 11 is 0. The molecule has 0 N–H and O–H groups in total. The fourth-order valence-electron chi connectivity index (χ4n) is 2.45. The molecule has 0 aliphatic heterocycles. The Morgan fingerprint density at radius 1 is 1.00 bits per heavy atom. The van der Waals surface area contributed by atoms with Gasteiger partial charge in [0.2, 0.25) is 5.75 Å². The number of aryl methyl sites for hydroxylation is 1. The molecule has 0 spiro atoms. The van der Waals surface area contributed by atoms with Crippen LogP contribution in [-0.4, -0.2) is 32.3 Å². The smallest absolute Gasteiger partial charge is 0.343 e. The van der Waals surface area contributed by atoms with Gasteiger partial charge in [-0.2, -0.15) is 0 Å². The van der Waals surface area contributed by atoms with E-state index in [2.05, 4.69) is 4.98 Å². The quantitative estimate of drug-likeness (QED) is 0.519. The molecule has 0 saturated carbocycles. The third-order valence-corrected chi connectivity index (χ3v) is 3.58.